The van der Waals surface area contributed by atoms with Crippen LogP contribution in [0.5, 0.6) is 0 Å². The van der Waals surface area contributed by atoms with Gasteiger partial charge in [0.15, 0.2) is 0 Å². The van der Waals surface area contributed by atoms with Gasteiger partial charge in [0.25, 0.3) is 5.56 Å². The molecule has 3 aromatic rings. The van der Waals surface area contributed by atoms with Gasteiger partial charge in [0.05, 0.1) is 11.9 Å². The third-order valence-electron chi connectivity index (χ3n) is 3.44. The number of nitrogens with zero attached hydrogens (tertiary/aromatic N) is 3. The third kappa shape index (κ3) is 3.81. The zero-order valence-corrected chi connectivity index (χ0v) is 13.3. The molecule has 0 atom stereocenters. The lowest BCUT2D eigenvalue weighted by Gasteiger charge is -2.05. The average molecular weight is 328 g/mol. The molecule has 0 spiro atoms. The van der Waals surface area contributed by atoms with Crippen LogP contribution in [0.4, 0.5) is 0 Å². The number of aryl methyl sites for hydroxylation is 1. The van der Waals surface area contributed by atoms with E-state index in [2.05, 4.69) is 15.6 Å². The smallest absolute Gasteiger partial charge is 0.277 e. The van der Waals surface area contributed by atoms with Crippen molar-refractivity contribution in [3.63, 3.8) is 0 Å². The highest BCUT2D eigenvalue weighted by atomic mass is 32.1. The van der Waals surface area contributed by atoms with Gasteiger partial charge in [-0.2, -0.15) is 0 Å². The van der Waals surface area contributed by atoms with Crippen LogP contribution in [0.3, 0.4) is 0 Å². The molecule has 1 amide bonds. The molecule has 0 saturated heterocycles. The van der Waals surface area contributed by atoms with Gasteiger partial charge in [-0.25, -0.2) is 4.68 Å². The van der Waals surface area contributed by atoms with Gasteiger partial charge in [-0.05, 0) is 30.0 Å². The Hall–Kier alpha value is -2.54. The summed E-state index contributed by atoms with van der Waals surface area (Å²) >= 11 is 1.61. The van der Waals surface area contributed by atoms with Gasteiger partial charge in [0.1, 0.15) is 5.52 Å². The summed E-state index contributed by atoms with van der Waals surface area (Å²) in [5, 5.41) is 13.3. The molecule has 0 bridgehead atoms. The number of fused-ring (bicyclic) bond motifs is 1. The van der Waals surface area contributed by atoms with Crippen LogP contribution in [0.15, 0.2) is 46.6 Å². The molecule has 2 heterocycles. The number of thiophene rings is 1. The van der Waals surface area contributed by atoms with Crippen LogP contribution in [0.1, 0.15) is 17.7 Å². The third-order valence-corrected chi connectivity index (χ3v) is 4.32. The molecule has 0 unspecified atom stereocenters. The van der Waals surface area contributed by atoms with E-state index in [0.29, 0.717) is 36.8 Å². The molecule has 0 aliphatic carbocycles. The summed E-state index contributed by atoms with van der Waals surface area (Å²) in [4.78, 5) is 25.2. The molecule has 3 rings (SSSR count). The van der Waals surface area contributed by atoms with Crippen LogP contribution in [-0.4, -0.2) is 20.9 Å². The van der Waals surface area contributed by atoms with Crippen molar-refractivity contribution >= 4 is 28.1 Å². The van der Waals surface area contributed by atoms with E-state index in [0.717, 1.165) is 4.88 Å². The van der Waals surface area contributed by atoms with Crippen LogP contribution in [0, 0.1) is 0 Å². The maximum Gasteiger partial charge on any atom is 0.277 e. The minimum atomic E-state index is -0.172. The first kappa shape index (κ1) is 15.4. The molecule has 1 aromatic carbocycles. The van der Waals surface area contributed by atoms with E-state index in [-0.39, 0.29) is 11.5 Å². The molecule has 118 valence electrons. The van der Waals surface area contributed by atoms with E-state index in [1.807, 2.05) is 23.6 Å². The Morgan fingerprint density at radius 1 is 1.22 bits per heavy atom. The van der Waals surface area contributed by atoms with Crippen LogP contribution in [0.25, 0.3) is 10.9 Å². The molecule has 0 aliphatic rings. The minimum Gasteiger partial charge on any atom is -0.351 e. The van der Waals surface area contributed by atoms with Crippen LogP contribution in [0.2, 0.25) is 0 Å². The Bertz CT molecular complexity index is 858. The van der Waals surface area contributed by atoms with Gasteiger partial charge in [-0.3, -0.25) is 9.59 Å². The van der Waals surface area contributed by atoms with E-state index in [1.165, 1.54) is 4.68 Å². The van der Waals surface area contributed by atoms with Crippen molar-refractivity contribution in [2.75, 3.05) is 0 Å². The highest BCUT2D eigenvalue weighted by Gasteiger charge is 2.06. The van der Waals surface area contributed by atoms with Crippen molar-refractivity contribution in [3.05, 3.63) is 57.0 Å². The predicted molar refractivity (Wildman–Crippen MR) is 89.2 cm³/mol. The number of rotatable bonds is 6. The van der Waals surface area contributed by atoms with E-state index >= 15 is 0 Å². The number of carbonyl (C=O) groups excluding carboxylic acids is 1. The molecule has 7 heteroatoms. The van der Waals surface area contributed by atoms with E-state index in [1.54, 1.807) is 29.5 Å². The monoisotopic (exact) mass is 328 g/mol. The second-order valence-electron chi connectivity index (χ2n) is 5.09. The van der Waals surface area contributed by atoms with Crippen LogP contribution in [-0.2, 0) is 17.9 Å². The zero-order chi connectivity index (χ0) is 16.1. The van der Waals surface area contributed by atoms with Gasteiger partial charge in [-0.1, -0.05) is 23.4 Å². The van der Waals surface area contributed by atoms with Crippen LogP contribution >= 0.6 is 11.3 Å². The SMILES string of the molecule is O=C(CCCn1nnc2ccccc2c1=O)NCc1cccs1. The quantitative estimate of drug-likeness (QED) is 0.750. The zero-order valence-electron chi connectivity index (χ0n) is 12.4. The Balaban J connectivity index is 1.53. The fraction of sp³-hybridized carbons (Fsp3) is 0.250. The Labute approximate surface area is 136 Å². The molecule has 2 aromatic heterocycles. The Morgan fingerprint density at radius 3 is 2.91 bits per heavy atom. The minimum absolute atomic E-state index is 0.0276. The normalized spacial score (nSPS) is 10.8. The number of benzene rings is 1. The van der Waals surface area contributed by atoms with E-state index < -0.39 is 0 Å². The number of aromatic nitrogens is 3. The standard InChI is InChI=1S/C16H16N4O2S/c21-15(17-11-12-5-4-10-23-12)8-3-9-20-16(22)13-6-1-2-7-14(13)18-19-20/h1-2,4-7,10H,3,8-9,11H2,(H,17,21). The largest absolute Gasteiger partial charge is 0.351 e. The highest BCUT2D eigenvalue weighted by molar-refractivity contribution is 7.09. The molecule has 0 saturated carbocycles. The summed E-state index contributed by atoms with van der Waals surface area (Å²) in [6.07, 6.45) is 0.898. The molecule has 0 fully saturated rings. The number of amides is 1. The maximum absolute atomic E-state index is 12.2. The fourth-order valence-corrected chi connectivity index (χ4v) is 2.89. The van der Waals surface area contributed by atoms with Gasteiger partial charge in [-0.15, -0.1) is 16.4 Å². The molecular weight excluding hydrogens is 312 g/mol. The van der Waals surface area contributed by atoms with Crippen molar-refractivity contribution < 1.29 is 4.79 Å². The summed E-state index contributed by atoms with van der Waals surface area (Å²) in [6, 6.07) is 11.0. The molecule has 6 nitrogen and oxygen atoms in total. The van der Waals surface area contributed by atoms with Crippen molar-refractivity contribution in [1.82, 2.24) is 20.3 Å². The summed E-state index contributed by atoms with van der Waals surface area (Å²) < 4.78 is 1.31. The number of hydrogen-bond donors (Lipinski definition) is 1. The number of carbonyl (C=O) groups is 1. The molecular formula is C16H16N4O2S. The lowest BCUT2D eigenvalue weighted by atomic mass is 10.2. The van der Waals surface area contributed by atoms with Crippen molar-refractivity contribution in [1.29, 1.82) is 0 Å². The lowest BCUT2D eigenvalue weighted by Crippen LogP contribution is -2.26. The van der Waals surface area contributed by atoms with Crippen molar-refractivity contribution in [2.24, 2.45) is 0 Å². The number of hydrogen-bond acceptors (Lipinski definition) is 5. The average Bonchev–Trinajstić information content (AvgIpc) is 3.09. The topological polar surface area (TPSA) is 76.9 Å². The first-order valence-electron chi connectivity index (χ1n) is 7.35. The number of nitrogens with one attached hydrogen (secondary N) is 1. The molecule has 1 N–H and O–H groups in total. The first-order chi connectivity index (χ1) is 11.2. The molecule has 23 heavy (non-hydrogen) atoms. The van der Waals surface area contributed by atoms with Crippen molar-refractivity contribution in [3.8, 4) is 0 Å². The van der Waals surface area contributed by atoms with E-state index in [4.69, 9.17) is 0 Å². The van der Waals surface area contributed by atoms with Crippen LogP contribution < -0.4 is 10.9 Å². The van der Waals surface area contributed by atoms with Gasteiger partial charge in [0.2, 0.25) is 5.91 Å². The van der Waals surface area contributed by atoms with Gasteiger partial charge in [0, 0.05) is 17.8 Å². The molecule has 0 radical (unpaired) electrons. The second-order valence-corrected chi connectivity index (χ2v) is 6.13. The Morgan fingerprint density at radius 2 is 2.09 bits per heavy atom. The summed E-state index contributed by atoms with van der Waals surface area (Å²) in [5.41, 5.74) is 0.414. The van der Waals surface area contributed by atoms with Gasteiger partial charge >= 0.3 is 0 Å². The second kappa shape index (κ2) is 7.15. The first-order valence-corrected chi connectivity index (χ1v) is 8.23. The predicted octanol–water partition coefficient (Wildman–Crippen LogP) is 1.95. The summed E-state index contributed by atoms with van der Waals surface area (Å²) in [7, 11) is 0. The highest BCUT2D eigenvalue weighted by Crippen LogP contribution is 2.07. The fourth-order valence-electron chi connectivity index (χ4n) is 2.25. The van der Waals surface area contributed by atoms with Gasteiger partial charge < -0.3 is 5.32 Å². The lowest BCUT2D eigenvalue weighted by molar-refractivity contribution is -0.121. The summed E-state index contributed by atoms with van der Waals surface area (Å²) in [5.74, 6) is -0.0276. The van der Waals surface area contributed by atoms with Crippen molar-refractivity contribution in [2.45, 2.75) is 25.9 Å². The van der Waals surface area contributed by atoms with E-state index in [9.17, 15) is 9.59 Å². The maximum atomic E-state index is 12.2. The Kier molecular flexibility index (Phi) is 4.77. The molecule has 0 aliphatic heterocycles. The summed E-state index contributed by atoms with van der Waals surface area (Å²) in [6.45, 7) is 0.926.